The summed E-state index contributed by atoms with van der Waals surface area (Å²) >= 11 is 0. The first-order chi connectivity index (χ1) is 14.3. The molecule has 1 aliphatic rings. The summed E-state index contributed by atoms with van der Waals surface area (Å²) in [5.41, 5.74) is 5.51. The van der Waals surface area contributed by atoms with Crippen LogP contribution in [0, 0.1) is 0 Å². The van der Waals surface area contributed by atoms with Gasteiger partial charge in [-0.3, -0.25) is 9.36 Å². The van der Waals surface area contributed by atoms with Crippen LogP contribution in [0.4, 0.5) is 0 Å². The topological polar surface area (TPSA) is 70.2 Å². The molecule has 3 aromatic heterocycles. The van der Waals surface area contributed by atoms with Gasteiger partial charge < -0.3 is 9.15 Å². The molecule has 30 heavy (non-hydrogen) atoms. The molecule has 0 saturated carbocycles. The minimum atomic E-state index is -0.326. The highest BCUT2D eigenvalue weighted by molar-refractivity contribution is 6.04. The molecular weight excluding hydrogens is 378 g/mol. The highest BCUT2D eigenvalue weighted by atomic mass is 16.5. The van der Waals surface area contributed by atoms with E-state index in [1.165, 1.54) is 4.57 Å². The third-order valence-corrected chi connectivity index (χ3v) is 5.51. The number of rotatable bonds is 3. The van der Waals surface area contributed by atoms with Crippen LogP contribution >= 0.6 is 0 Å². The zero-order chi connectivity index (χ0) is 21.0. The molecule has 0 aliphatic carbocycles. The van der Waals surface area contributed by atoms with Gasteiger partial charge in [0.15, 0.2) is 0 Å². The summed E-state index contributed by atoms with van der Waals surface area (Å²) in [5.74, 6) is 0. The minimum absolute atomic E-state index is 0.220. The Morgan fingerprint density at radius 1 is 1.23 bits per heavy atom. The lowest BCUT2D eigenvalue weighted by Crippen LogP contribution is -2.32. The van der Waals surface area contributed by atoms with Crippen LogP contribution in [0.5, 0.6) is 0 Å². The molecule has 4 aromatic rings. The fraction of sp³-hybridized carbons (Fsp3) is 0.292. The van der Waals surface area contributed by atoms with E-state index in [0.29, 0.717) is 30.8 Å². The number of benzene rings is 1. The molecular formula is C24H23N3O3. The maximum atomic E-state index is 13.0. The van der Waals surface area contributed by atoms with Crippen LogP contribution in [0.15, 0.2) is 58.0 Å². The van der Waals surface area contributed by atoms with E-state index in [9.17, 15) is 4.79 Å². The van der Waals surface area contributed by atoms with Crippen molar-refractivity contribution in [3.63, 3.8) is 0 Å². The lowest BCUT2D eigenvalue weighted by molar-refractivity contribution is -0.0395. The molecule has 6 heteroatoms. The molecule has 4 heterocycles. The van der Waals surface area contributed by atoms with Crippen molar-refractivity contribution < 1.29 is 9.15 Å². The molecule has 0 radical (unpaired) electrons. The summed E-state index contributed by atoms with van der Waals surface area (Å²) in [7, 11) is 0. The van der Waals surface area contributed by atoms with Crippen LogP contribution in [0.1, 0.15) is 31.9 Å². The maximum absolute atomic E-state index is 13.0. The lowest BCUT2D eigenvalue weighted by atomic mass is 9.88. The number of hydrogen-bond acceptors (Lipinski definition) is 5. The number of allylic oxidation sites excluding steroid dienone is 1. The van der Waals surface area contributed by atoms with Gasteiger partial charge in [0.05, 0.1) is 29.6 Å². The third-order valence-electron chi connectivity index (χ3n) is 5.51. The molecule has 0 N–H and O–H groups in total. The Kier molecular flexibility index (Phi) is 4.15. The molecule has 1 aromatic carbocycles. The Hall–Kier alpha value is -3.25. The van der Waals surface area contributed by atoms with E-state index < -0.39 is 0 Å². The molecule has 5 rings (SSSR count). The molecule has 0 fully saturated rings. The van der Waals surface area contributed by atoms with Crippen molar-refractivity contribution in [3.8, 4) is 11.3 Å². The molecule has 0 atom stereocenters. The number of pyridine rings is 1. The van der Waals surface area contributed by atoms with E-state index in [-0.39, 0.29) is 16.7 Å². The van der Waals surface area contributed by atoms with Crippen LogP contribution in [-0.4, -0.2) is 20.1 Å². The number of aromatic nitrogens is 3. The smallest absolute Gasteiger partial charge is 0.297 e. The number of fused-ring (bicyclic) bond motifs is 5. The summed E-state index contributed by atoms with van der Waals surface area (Å²) in [4.78, 5) is 22.4. The summed E-state index contributed by atoms with van der Waals surface area (Å²) in [5, 5.41) is 0.815. The Morgan fingerprint density at radius 3 is 2.73 bits per heavy atom. The number of hydrogen-bond donors (Lipinski definition) is 0. The lowest BCUT2D eigenvalue weighted by Gasteiger charge is -2.33. The molecule has 0 bridgehead atoms. The fourth-order valence-corrected chi connectivity index (χ4v) is 4.14. The standard InChI is InChI=1S/C24H23N3O3/c1-14(2)11-27-13-25-20-18-16-10-24(3,4)29-12-17(16)19(15-8-6-5-7-9-15)26-22(18)30-21(20)23(27)28/h5-9,13H,1,10-12H2,2-4H3. The first-order valence-corrected chi connectivity index (χ1v) is 10.0. The van der Waals surface area contributed by atoms with Gasteiger partial charge in [-0.1, -0.05) is 42.5 Å². The molecule has 0 amide bonds. The van der Waals surface area contributed by atoms with Gasteiger partial charge in [0.25, 0.3) is 5.56 Å². The Balaban J connectivity index is 1.86. The van der Waals surface area contributed by atoms with Crippen molar-refractivity contribution in [1.82, 2.24) is 14.5 Å². The predicted molar refractivity (Wildman–Crippen MR) is 116 cm³/mol. The van der Waals surface area contributed by atoms with Gasteiger partial charge in [0.1, 0.15) is 5.52 Å². The average molecular weight is 401 g/mol. The Labute approximate surface area is 173 Å². The molecule has 6 nitrogen and oxygen atoms in total. The summed E-state index contributed by atoms with van der Waals surface area (Å²) in [6.07, 6.45) is 2.25. The molecule has 0 spiro atoms. The van der Waals surface area contributed by atoms with Gasteiger partial charge in [-0.2, -0.15) is 0 Å². The van der Waals surface area contributed by atoms with E-state index in [1.807, 2.05) is 37.3 Å². The third kappa shape index (κ3) is 2.95. The molecule has 152 valence electrons. The second-order valence-electron chi connectivity index (χ2n) is 8.60. The maximum Gasteiger partial charge on any atom is 0.297 e. The van der Waals surface area contributed by atoms with Gasteiger partial charge in [0, 0.05) is 24.1 Å². The van der Waals surface area contributed by atoms with E-state index >= 15 is 0 Å². The van der Waals surface area contributed by atoms with Crippen LogP contribution < -0.4 is 5.56 Å². The zero-order valence-corrected chi connectivity index (χ0v) is 17.4. The highest BCUT2D eigenvalue weighted by Gasteiger charge is 2.32. The van der Waals surface area contributed by atoms with Crippen molar-refractivity contribution in [1.29, 1.82) is 0 Å². The fourth-order valence-electron chi connectivity index (χ4n) is 4.14. The summed E-state index contributed by atoms with van der Waals surface area (Å²) < 4.78 is 13.7. The molecule has 0 saturated heterocycles. The van der Waals surface area contributed by atoms with Gasteiger partial charge in [-0.25, -0.2) is 9.97 Å². The largest absolute Gasteiger partial charge is 0.430 e. The van der Waals surface area contributed by atoms with E-state index in [2.05, 4.69) is 25.4 Å². The van der Waals surface area contributed by atoms with E-state index in [1.54, 1.807) is 6.33 Å². The average Bonchev–Trinajstić information content (AvgIpc) is 3.09. The number of furan rings is 1. The number of nitrogens with zero attached hydrogens (tertiary/aromatic N) is 3. The summed E-state index contributed by atoms with van der Waals surface area (Å²) in [6.45, 7) is 10.8. The first-order valence-electron chi connectivity index (χ1n) is 10.0. The second-order valence-corrected chi connectivity index (χ2v) is 8.60. The van der Waals surface area contributed by atoms with Crippen molar-refractivity contribution in [2.75, 3.05) is 0 Å². The van der Waals surface area contributed by atoms with Crippen molar-refractivity contribution in [2.45, 2.75) is 45.9 Å². The van der Waals surface area contributed by atoms with E-state index in [4.69, 9.17) is 14.1 Å². The van der Waals surface area contributed by atoms with Gasteiger partial charge >= 0.3 is 0 Å². The van der Waals surface area contributed by atoms with Gasteiger partial charge in [0.2, 0.25) is 11.3 Å². The monoisotopic (exact) mass is 401 g/mol. The van der Waals surface area contributed by atoms with Crippen LogP contribution in [0.3, 0.4) is 0 Å². The van der Waals surface area contributed by atoms with Crippen molar-refractivity contribution in [3.05, 3.63) is 70.3 Å². The first kappa shape index (κ1) is 18.8. The van der Waals surface area contributed by atoms with Crippen LogP contribution in [0.25, 0.3) is 33.5 Å². The van der Waals surface area contributed by atoms with Crippen molar-refractivity contribution >= 4 is 22.2 Å². The van der Waals surface area contributed by atoms with Crippen LogP contribution in [0.2, 0.25) is 0 Å². The Bertz CT molecular complexity index is 1360. The normalized spacial score (nSPS) is 15.4. The number of ether oxygens (including phenoxy) is 1. The van der Waals surface area contributed by atoms with E-state index in [0.717, 1.165) is 33.3 Å². The quantitative estimate of drug-likeness (QED) is 0.468. The van der Waals surface area contributed by atoms with Gasteiger partial charge in [-0.15, -0.1) is 0 Å². The predicted octanol–water partition coefficient (Wildman–Crippen LogP) is 4.63. The molecule has 0 unspecified atom stereocenters. The zero-order valence-electron chi connectivity index (χ0n) is 17.4. The van der Waals surface area contributed by atoms with Gasteiger partial charge in [-0.05, 0) is 26.3 Å². The second kappa shape index (κ2) is 6.64. The molecule has 1 aliphatic heterocycles. The van der Waals surface area contributed by atoms with Crippen LogP contribution in [-0.2, 0) is 24.3 Å². The Morgan fingerprint density at radius 2 is 2.00 bits per heavy atom. The summed E-state index contributed by atoms with van der Waals surface area (Å²) in [6, 6.07) is 9.99. The SMILES string of the molecule is C=C(C)Cn1cnc2c(oc3nc(-c4ccccc4)c4c(c32)CC(C)(C)OC4)c1=O. The minimum Gasteiger partial charge on any atom is -0.430 e. The van der Waals surface area contributed by atoms with Crippen molar-refractivity contribution in [2.24, 2.45) is 0 Å². The highest BCUT2D eigenvalue weighted by Crippen LogP contribution is 2.40.